The highest BCUT2D eigenvalue weighted by Crippen LogP contribution is 2.19. The Bertz CT molecular complexity index is 363. The Morgan fingerprint density at radius 2 is 1.69 bits per heavy atom. The molecule has 0 aromatic heterocycles. The maximum Gasteiger partial charge on any atom is 0.345 e. The Balaban J connectivity index is 2.89. The highest BCUT2D eigenvalue weighted by Gasteiger charge is 2.23. The summed E-state index contributed by atoms with van der Waals surface area (Å²) in [5.41, 5.74) is 2.14. The van der Waals surface area contributed by atoms with Crippen LogP contribution < -0.4 is 4.74 Å². The molecule has 0 spiro atoms. The van der Waals surface area contributed by atoms with Crippen LogP contribution in [0.25, 0.3) is 0 Å². The molecule has 1 N–H and O–H groups in total. The van der Waals surface area contributed by atoms with Crippen molar-refractivity contribution in [2.45, 2.75) is 33.8 Å². The van der Waals surface area contributed by atoms with Crippen molar-refractivity contribution in [3.05, 3.63) is 29.3 Å². The quantitative estimate of drug-likeness (QED) is 0.852. The van der Waals surface area contributed by atoms with Crippen LogP contribution in [0.1, 0.15) is 25.0 Å². The van der Waals surface area contributed by atoms with E-state index in [1.165, 1.54) is 0 Å². The summed E-state index contributed by atoms with van der Waals surface area (Å²) in [6, 6.07) is 5.73. The Labute approximate surface area is 96.1 Å². The Kier molecular flexibility index (Phi) is 3.93. The van der Waals surface area contributed by atoms with Crippen LogP contribution in [0.3, 0.4) is 0 Å². The molecule has 3 nitrogen and oxygen atoms in total. The first-order valence-electron chi connectivity index (χ1n) is 5.38. The number of hydrogen-bond donors (Lipinski definition) is 1. The van der Waals surface area contributed by atoms with E-state index in [1.54, 1.807) is 0 Å². The van der Waals surface area contributed by atoms with Gasteiger partial charge in [0, 0.05) is 5.92 Å². The lowest BCUT2D eigenvalue weighted by molar-refractivity contribution is -0.147. The average molecular weight is 222 g/mol. The summed E-state index contributed by atoms with van der Waals surface area (Å²) in [6.45, 7) is 7.60. The molecule has 88 valence electrons. The Morgan fingerprint density at radius 3 is 2.06 bits per heavy atom. The molecular formula is C13H18O3. The van der Waals surface area contributed by atoms with Crippen molar-refractivity contribution in [3.63, 3.8) is 0 Å². The fraction of sp³-hybridized carbons (Fsp3) is 0.462. The van der Waals surface area contributed by atoms with Gasteiger partial charge in [-0.25, -0.2) is 4.79 Å². The average Bonchev–Trinajstić information content (AvgIpc) is 2.11. The van der Waals surface area contributed by atoms with Crippen LogP contribution in [0, 0.1) is 19.8 Å². The van der Waals surface area contributed by atoms with E-state index in [4.69, 9.17) is 9.84 Å². The summed E-state index contributed by atoms with van der Waals surface area (Å²) in [4.78, 5) is 11.0. The van der Waals surface area contributed by atoms with E-state index >= 15 is 0 Å². The van der Waals surface area contributed by atoms with Crippen LogP contribution in [0.15, 0.2) is 18.2 Å². The standard InChI is InChI=1S/C13H18O3/c1-8(2)12(13(14)15)16-11-6-9(3)5-10(4)7-11/h5-8,12H,1-4H3,(H,14,15). The molecule has 0 amide bonds. The number of aryl methyl sites for hydroxylation is 2. The number of carbonyl (C=O) groups is 1. The van der Waals surface area contributed by atoms with Crippen molar-refractivity contribution < 1.29 is 14.6 Å². The maximum absolute atomic E-state index is 11.0. The summed E-state index contributed by atoms with van der Waals surface area (Å²) < 4.78 is 5.50. The first-order valence-corrected chi connectivity index (χ1v) is 5.38. The van der Waals surface area contributed by atoms with Crippen molar-refractivity contribution in [3.8, 4) is 5.75 Å². The molecule has 0 bridgehead atoms. The second-order valence-corrected chi connectivity index (χ2v) is 4.44. The molecular weight excluding hydrogens is 204 g/mol. The smallest absolute Gasteiger partial charge is 0.345 e. The van der Waals surface area contributed by atoms with E-state index in [2.05, 4.69) is 0 Å². The topological polar surface area (TPSA) is 46.5 Å². The van der Waals surface area contributed by atoms with Crippen molar-refractivity contribution in [2.24, 2.45) is 5.92 Å². The van der Waals surface area contributed by atoms with Gasteiger partial charge in [0.25, 0.3) is 0 Å². The van der Waals surface area contributed by atoms with Crippen molar-refractivity contribution in [1.82, 2.24) is 0 Å². The minimum atomic E-state index is -0.922. The molecule has 3 heteroatoms. The van der Waals surface area contributed by atoms with Gasteiger partial charge in [-0.2, -0.15) is 0 Å². The summed E-state index contributed by atoms with van der Waals surface area (Å²) >= 11 is 0. The van der Waals surface area contributed by atoms with E-state index < -0.39 is 12.1 Å². The largest absolute Gasteiger partial charge is 0.478 e. The number of rotatable bonds is 4. The molecule has 1 unspecified atom stereocenters. The molecule has 1 atom stereocenters. The molecule has 0 aliphatic carbocycles. The number of hydrogen-bond acceptors (Lipinski definition) is 2. The molecule has 0 saturated heterocycles. The number of aliphatic carboxylic acids is 1. The predicted molar refractivity (Wildman–Crippen MR) is 62.8 cm³/mol. The summed E-state index contributed by atoms with van der Waals surface area (Å²) in [7, 11) is 0. The third-order valence-corrected chi connectivity index (χ3v) is 2.31. The summed E-state index contributed by atoms with van der Waals surface area (Å²) in [5, 5.41) is 9.02. The van der Waals surface area contributed by atoms with E-state index in [0.29, 0.717) is 5.75 Å². The highest BCUT2D eigenvalue weighted by atomic mass is 16.5. The van der Waals surface area contributed by atoms with Gasteiger partial charge < -0.3 is 9.84 Å². The van der Waals surface area contributed by atoms with Gasteiger partial charge in [0.1, 0.15) is 5.75 Å². The Hall–Kier alpha value is -1.51. The van der Waals surface area contributed by atoms with Gasteiger partial charge in [0.2, 0.25) is 0 Å². The number of benzene rings is 1. The maximum atomic E-state index is 11.0. The molecule has 0 saturated carbocycles. The summed E-state index contributed by atoms with van der Waals surface area (Å²) in [5.74, 6) is -0.355. The lowest BCUT2D eigenvalue weighted by Gasteiger charge is -2.18. The molecule has 1 aromatic rings. The summed E-state index contributed by atoms with van der Waals surface area (Å²) in [6.07, 6.45) is -0.791. The lowest BCUT2D eigenvalue weighted by Crippen LogP contribution is -2.32. The molecule has 0 radical (unpaired) electrons. The van der Waals surface area contributed by atoms with Gasteiger partial charge in [-0.05, 0) is 37.1 Å². The van der Waals surface area contributed by atoms with Crippen LogP contribution in [0.5, 0.6) is 5.75 Å². The van der Waals surface area contributed by atoms with E-state index in [1.807, 2.05) is 45.9 Å². The van der Waals surface area contributed by atoms with E-state index in [-0.39, 0.29) is 5.92 Å². The van der Waals surface area contributed by atoms with Gasteiger partial charge in [-0.15, -0.1) is 0 Å². The van der Waals surface area contributed by atoms with Gasteiger partial charge in [0.15, 0.2) is 6.10 Å². The fourth-order valence-electron chi connectivity index (χ4n) is 1.62. The molecule has 1 aromatic carbocycles. The number of carboxylic acids is 1. The SMILES string of the molecule is Cc1cc(C)cc(OC(C(=O)O)C(C)C)c1. The minimum absolute atomic E-state index is 0.0571. The molecule has 0 aliphatic rings. The van der Waals surface area contributed by atoms with Gasteiger partial charge in [-0.3, -0.25) is 0 Å². The van der Waals surface area contributed by atoms with Crippen LogP contribution in [0.4, 0.5) is 0 Å². The van der Waals surface area contributed by atoms with Crippen LogP contribution in [0.2, 0.25) is 0 Å². The van der Waals surface area contributed by atoms with Crippen molar-refractivity contribution in [2.75, 3.05) is 0 Å². The molecule has 0 heterocycles. The van der Waals surface area contributed by atoms with E-state index in [9.17, 15) is 4.79 Å². The normalized spacial score (nSPS) is 12.6. The first-order chi connectivity index (χ1) is 7.40. The second-order valence-electron chi connectivity index (χ2n) is 4.44. The first kappa shape index (κ1) is 12.6. The lowest BCUT2D eigenvalue weighted by atomic mass is 10.1. The fourth-order valence-corrected chi connectivity index (χ4v) is 1.62. The van der Waals surface area contributed by atoms with Crippen LogP contribution >= 0.6 is 0 Å². The zero-order valence-corrected chi connectivity index (χ0v) is 10.2. The molecule has 16 heavy (non-hydrogen) atoms. The van der Waals surface area contributed by atoms with Crippen molar-refractivity contribution >= 4 is 5.97 Å². The monoisotopic (exact) mass is 222 g/mol. The number of carboxylic acid groups (broad SMARTS) is 1. The molecule has 1 rings (SSSR count). The van der Waals surface area contributed by atoms with Gasteiger partial charge in [-0.1, -0.05) is 19.9 Å². The van der Waals surface area contributed by atoms with Gasteiger partial charge in [0.05, 0.1) is 0 Å². The second kappa shape index (κ2) is 5.01. The van der Waals surface area contributed by atoms with Gasteiger partial charge >= 0.3 is 5.97 Å². The van der Waals surface area contributed by atoms with Crippen LogP contribution in [-0.2, 0) is 4.79 Å². The third kappa shape index (κ3) is 3.26. The Morgan fingerprint density at radius 1 is 1.19 bits per heavy atom. The predicted octanol–water partition coefficient (Wildman–Crippen LogP) is 2.79. The zero-order chi connectivity index (χ0) is 12.3. The third-order valence-electron chi connectivity index (χ3n) is 2.31. The molecule has 0 fully saturated rings. The van der Waals surface area contributed by atoms with E-state index in [0.717, 1.165) is 11.1 Å². The van der Waals surface area contributed by atoms with Crippen LogP contribution in [-0.4, -0.2) is 17.2 Å². The van der Waals surface area contributed by atoms with Crippen molar-refractivity contribution in [1.29, 1.82) is 0 Å². The zero-order valence-electron chi connectivity index (χ0n) is 10.2. The highest BCUT2D eigenvalue weighted by molar-refractivity contribution is 5.73. The number of ether oxygens (including phenoxy) is 1. The molecule has 0 aliphatic heterocycles. The minimum Gasteiger partial charge on any atom is -0.478 e.